The number of amides is 2. The predicted molar refractivity (Wildman–Crippen MR) is 77.2 cm³/mol. The fraction of sp³-hybridized carbons (Fsp3) is 0.533. The van der Waals surface area contributed by atoms with Gasteiger partial charge < -0.3 is 15.5 Å². The molecule has 19 heavy (non-hydrogen) atoms. The maximum absolute atomic E-state index is 11.4. The van der Waals surface area contributed by atoms with Gasteiger partial charge in [0.05, 0.1) is 0 Å². The molecule has 0 saturated heterocycles. The Morgan fingerprint density at radius 3 is 2.89 bits per heavy atom. The van der Waals surface area contributed by atoms with Crippen molar-refractivity contribution in [2.75, 3.05) is 27.2 Å². The maximum Gasteiger partial charge on any atom is 0.316 e. The molecule has 0 fully saturated rings. The molecule has 0 aliphatic heterocycles. The summed E-state index contributed by atoms with van der Waals surface area (Å²) in [5.74, 6) is 0. The van der Waals surface area contributed by atoms with Gasteiger partial charge in [-0.05, 0) is 30.4 Å². The maximum atomic E-state index is 11.4. The molecular weight excluding hydrogens is 238 g/mol. The van der Waals surface area contributed by atoms with E-state index in [1.54, 1.807) is 19.0 Å². The van der Waals surface area contributed by atoms with Crippen LogP contribution in [0.3, 0.4) is 0 Å². The van der Waals surface area contributed by atoms with Crippen LogP contribution in [0.5, 0.6) is 0 Å². The van der Waals surface area contributed by atoms with Gasteiger partial charge in [-0.25, -0.2) is 4.79 Å². The molecule has 4 nitrogen and oxygen atoms in total. The normalized spacial score (nSPS) is 17.7. The van der Waals surface area contributed by atoms with Crippen molar-refractivity contribution in [2.24, 2.45) is 0 Å². The number of urea groups is 1. The zero-order chi connectivity index (χ0) is 13.7. The zero-order valence-electron chi connectivity index (χ0n) is 11.8. The summed E-state index contributed by atoms with van der Waals surface area (Å²) < 4.78 is 0. The lowest BCUT2D eigenvalue weighted by Gasteiger charge is -2.26. The third kappa shape index (κ3) is 3.70. The first-order valence-corrected chi connectivity index (χ1v) is 6.95. The van der Waals surface area contributed by atoms with Crippen LogP contribution in [0.4, 0.5) is 4.79 Å². The van der Waals surface area contributed by atoms with E-state index in [1.165, 1.54) is 30.4 Å². The fourth-order valence-electron chi connectivity index (χ4n) is 2.54. The first-order chi connectivity index (χ1) is 9.18. The lowest BCUT2D eigenvalue weighted by molar-refractivity contribution is 0.217. The van der Waals surface area contributed by atoms with E-state index in [9.17, 15) is 4.79 Å². The molecule has 104 valence electrons. The largest absolute Gasteiger partial charge is 0.337 e. The SMILES string of the molecule is CN(C)C(=O)NCCNC1CCCc2ccccc21. The van der Waals surface area contributed by atoms with Crippen molar-refractivity contribution in [3.8, 4) is 0 Å². The summed E-state index contributed by atoms with van der Waals surface area (Å²) >= 11 is 0. The van der Waals surface area contributed by atoms with Crippen LogP contribution in [-0.4, -0.2) is 38.1 Å². The first-order valence-electron chi connectivity index (χ1n) is 6.95. The topological polar surface area (TPSA) is 44.4 Å². The fourth-order valence-corrected chi connectivity index (χ4v) is 2.54. The highest BCUT2D eigenvalue weighted by atomic mass is 16.2. The van der Waals surface area contributed by atoms with Crippen molar-refractivity contribution in [3.05, 3.63) is 35.4 Å². The van der Waals surface area contributed by atoms with Crippen LogP contribution in [0.25, 0.3) is 0 Å². The molecular formula is C15H23N3O. The number of nitrogens with one attached hydrogen (secondary N) is 2. The summed E-state index contributed by atoms with van der Waals surface area (Å²) in [7, 11) is 3.50. The number of hydrogen-bond acceptors (Lipinski definition) is 2. The van der Waals surface area contributed by atoms with Crippen LogP contribution >= 0.6 is 0 Å². The quantitative estimate of drug-likeness (QED) is 0.813. The first kappa shape index (κ1) is 13.9. The number of benzene rings is 1. The van der Waals surface area contributed by atoms with E-state index in [4.69, 9.17) is 0 Å². The van der Waals surface area contributed by atoms with E-state index in [0.717, 1.165) is 6.54 Å². The van der Waals surface area contributed by atoms with E-state index in [-0.39, 0.29) is 6.03 Å². The van der Waals surface area contributed by atoms with Gasteiger partial charge in [-0.3, -0.25) is 0 Å². The Hall–Kier alpha value is -1.55. The summed E-state index contributed by atoms with van der Waals surface area (Å²) in [6.07, 6.45) is 3.60. The number of aryl methyl sites for hydroxylation is 1. The Balaban J connectivity index is 1.80. The molecule has 2 rings (SSSR count). The smallest absolute Gasteiger partial charge is 0.316 e. The van der Waals surface area contributed by atoms with Crippen molar-refractivity contribution in [2.45, 2.75) is 25.3 Å². The summed E-state index contributed by atoms with van der Waals surface area (Å²) in [6, 6.07) is 9.04. The molecule has 1 aromatic rings. The Morgan fingerprint density at radius 1 is 1.32 bits per heavy atom. The molecule has 1 unspecified atom stereocenters. The summed E-state index contributed by atoms with van der Waals surface area (Å²) in [5, 5.41) is 6.41. The average molecular weight is 261 g/mol. The van der Waals surface area contributed by atoms with Gasteiger partial charge in [0.15, 0.2) is 0 Å². The second-order valence-corrected chi connectivity index (χ2v) is 5.22. The number of nitrogens with zero attached hydrogens (tertiary/aromatic N) is 1. The number of carbonyl (C=O) groups is 1. The number of hydrogen-bond donors (Lipinski definition) is 2. The van der Waals surface area contributed by atoms with Crippen LogP contribution in [0, 0.1) is 0 Å². The molecule has 4 heteroatoms. The van der Waals surface area contributed by atoms with Gasteiger partial charge in [0.2, 0.25) is 0 Å². The van der Waals surface area contributed by atoms with Crippen LogP contribution in [0.1, 0.15) is 30.0 Å². The molecule has 0 heterocycles. The van der Waals surface area contributed by atoms with Crippen LogP contribution < -0.4 is 10.6 Å². The minimum Gasteiger partial charge on any atom is -0.337 e. The minimum absolute atomic E-state index is 0.0363. The molecule has 1 aromatic carbocycles. The third-order valence-corrected chi connectivity index (χ3v) is 3.57. The second kappa shape index (κ2) is 6.57. The van der Waals surface area contributed by atoms with Gasteiger partial charge in [-0.15, -0.1) is 0 Å². The van der Waals surface area contributed by atoms with Gasteiger partial charge >= 0.3 is 6.03 Å². The molecule has 0 bridgehead atoms. The molecule has 0 spiro atoms. The number of rotatable bonds is 4. The van der Waals surface area contributed by atoms with Crippen LogP contribution in [-0.2, 0) is 6.42 Å². The minimum atomic E-state index is -0.0363. The third-order valence-electron chi connectivity index (χ3n) is 3.57. The molecule has 0 aromatic heterocycles. The molecule has 2 N–H and O–H groups in total. The Morgan fingerprint density at radius 2 is 2.11 bits per heavy atom. The van der Waals surface area contributed by atoms with Crippen molar-refractivity contribution in [1.82, 2.24) is 15.5 Å². The van der Waals surface area contributed by atoms with Gasteiger partial charge in [0.1, 0.15) is 0 Å². The highest BCUT2D eigenvalue weighted by molar-refractivity contribution is 5.73. The van der Waals surface area contributed by atoms with Gasteiger partial charge in [0, 0.05) is 33.2 Å². The second-order valence-electron chi connectivity index (χ2n) is 5.22. The summed E-state index contributed by atoms with van der Waals surface area (Å²) in [5.41, 5.74) is 2.89. The molecule has 2 amide bonds. The zero-order valence-corrected chi connectivity index (χ0v) is 11.8. The van der Waals surface area contributed by atoms with Gasteiger partial charge in [-0.1, -0.05) is 24.3 Å². The highest BCUT2D eigenvalue weighted by Gasteiger charge is 2.18. The van der Waals surface area contributed by atoms with Gasteiger partial charge in [0.25, 0.3) is 0 Å². The monoisotopic (exact) mass is 261 g/mol. The lowest BCUT2D eigenvalue weighted by atomic mass is 9.88. The van der Waals surface area contributed by atoms with Crippen LogP contribution in [0.2, 0.25) is 0 Å². The average Bonchev–Trinajstić information content (AvgIpc) is 2.43. The predicted octanol–water partition coefficient (Wildman–Crippen LogP) is 1.92. The van der Waals surface area contributed by atoms with Crippen molar-refractivity contribution in [1.29, 1.82) is 0 Å². The van der Waals surface area contributed by atoms with E-state index in [2.05, 4.69) is 34.9 Å². The Labute approximate surface area is 115 Å². The Bertz CT molecular complexity index is 431. The standard InChI is InChI=1S/C15H23N3O/c1-18(2)15(19)17-11-10-16-14-9-5-7-12-6-3-4-8-13(12)14/h3-4,6,8,14,16H,5,7,9-11H2,1-2H3,(H,17,19). The van der Waals surface area contributed by atoms with E-state index >= 15 is 0 Å². The van der Waals surface area contributed by atoms with Crippen molar-refractivity contribution in [3.63, 3.8) is 0 Å². The molecule has 1 aliphatic rings. The Kier molecular flexibility index (Phi) is 4.80. The van der Waals surface area contributed by atoms with Crippen molar-refractivity contribution >= 4 is 6.03 Å². The summed E-state index contributed by atoms with van der Waals surface area (Å²) in [6.45, 7) is 1.47. The number of fused-ring (bicyclic) bond motifs is 1. The van der Waals surface area contributed by atoms with E-state index in [0.29, 0.717) is 12.6 Å². The van der Waals surface area contributed by atoms with Crippen molar-refractivity contribution < 1.29 is 4.79 Å². The van der Waals surface area contributed by atoms with Gasteiger partial charge in [-0.2, -0.15) is 0 Å². The summed E-state index contributed by atoms with van der Waals surface area (Å²) in [4.78, 5) is 12.9. The number of carbonyl (C=O) groups excluding carboxylic acids is 1. The molecule has 1 atom stereocenters. The van der Waals surface area contributed by atoms with E-state index in [1.807, 2.05) is 0 Å². The molecule has 1 aliphatic carbocycles. The lowest BCUT2D eigenvalue weighted by Crippen LogP contribution is -2.39. The molecule has 0 saturated carbocycles. The van der Waals surface area contributed by atoms with Crippen LogP contribution in [0.15, 0.2) is 24.3 Å². The highest BCUT2D eigenvalue weighted by Crippen LogP contribution is 2.28. The van der Waals surface area contributed by atoms with E-state index < -0.39 is 0 Å². The molecule has 0 radical (unpaired) electrons.